The molecule has 1 N–H and O–H groups in total. The van der Waals surface area contributed by atoms with Crippen molar-refractivity contribution in [2.24, 2.45) is 0 Å². The summed E-state index contributed by atoms with van der Waals surface area (Å²) in [5.74, 6) is 3.09. The monoisotopic (exact) mass is 396 g/mol. The topological polar surface area (TPSA) is 66.4 Å². The molecule has 0 atom stereocenters. The van der Waals surface area contributed by atoms with Crippen molar-refractivity contribution in [1.82, 2.24) is 15.0 Å². The predicted molar refractivity (Wildman–Crippen MR) is 112 cm³/mol. The van der Waals surface area contributed by atoms with E-state index in [4.69, 9.17) is 16.3 Å². The summed E-state index contributed by atoms with van der Waals surface area (Å²) < 4.78 is 5.37. The van der Waals surface area contributed by atoms with Crippen molar-refractivity contribution in [1.29, 1.82) is 0 Å². The zero-order valence-corrected chi connectivity index (χ0v) is 16.3. The van der Waals surface area contributed by atoms with E-state index in [9.17, 15) is 0 Å². The molecule has 0 amide bonds. The van der Waals surface area contributed by atoms with Gasteiger partial charge in [-0.3, -0.25) is 0 Å². The number of nitrogens with zero attached hydrogens (tertiary/aromatic N) is 5. The van der Waals surface area contributed by atoms with E-state index >= 15 is 0 Å². The normalized spacial score (nSPS) is 14.1. The van der Waals surface area contributed by atoms with E-state index in [0.29, 0.717) is 16.7 Å². The van der Waals surface area contributed by atoms with Crippen molar-refractivity contribution in [3.63, 3.8) is 0 Å². The second kappa shape index (κ2) is 8.31. The molecular weight excluding hydrogens is 376 g/mol. The number of piperazine rings is 1. The summed E-state index contributed by atoms with van der Waals surface area (Å²) >= 11 is 6.10. The average Bonchev–Trinajstić information content (AvgIpc) is 2.75. The summed E-state index contributed by atoms with van der Waals surface area (Å²) in [4.78, 5) is 18.0. The highest BCUT2D eigenvalue weighted by Gasteiger charge is 2.19. The second-order valence-corrected chi connectivity index (χ2v) is 6.81. The van der Waals surface area contributed by atoms with Gasteiger partial charge < -0.3 is 19.9 Å². The number of anilines is 4. The quantitative estimate of drug-likeness (QED) is 0.706. The summed E-state index contributed by atoms with van der Waals surface area (Å²) in [5, 5.41) is 3.82. The molecule has 0 saturated carbocycles. The number of hydrogen-bond donors (Lipinski definition) is 1. The van der Waals surface area contributed by atoms with Crippen LogP contribution in [0, 0.1) is 0 Å². The maximum Gasteiger partial charge on any atom is 0.229 e. The van der Waals surface area contributed by atoms with Gasteiger partial charge in [0.25, 0.3) is 0 Å². The molecule has 144 valence electrons. The number of pyridine rings is 1. The third kappa shape index (κ3) is 4.09. The van der Waals surface area contributed by atoms with Crippen LogP contribution in [-0.2, 0) is 0 Å². The summed E-state index contributed by atoms with van der Waals surface area (Å²) in [6.45, 7) is 3.53. The zero-order chi connectivity index (χ0) is 19.3. The Morgan fingerprint density at radius 2 is 1.71 bits per heavy atom. The molecule has 4 rings (SSSR count). The Bertz CT molecular complexity index is 931. The van der Waals surface area contributed by atoms with Crippen LogP contribution in [0.4, 0.5) is 23.3 Å². The zero-order valence-electron chi connectivity index (χ0n) is 15.5. The highest BCUT2D eigenvalue weighted by molar-refractivity contribution is 6.31. The number of benzene rings is 1. The minimum Gasteiger partial charge on any atom is -0.495 e. The van der Waals surface area contributed by atoms with Crippen LogP contribution >= 0.6 is 11.6 Å². The van der Waals surface area contributed by atoms with Gasteiger partial charge in [-0.1, -0.05) is 17.7 Å². The number of nitrogens with one attached hydrogen (secondary N) is 1. The molecule has 1 aliphatic heterocycles. The van der Waals surface area contributed by atoms with Crippen molar-refractivity contribution < 1.29 is 4.74 Å². The molecule has 0 spiro atoms. The molecule has 1 aromatic carbocycles. The first kappa shape index (κ1) is 18.3. The van der Waals surface area contributed by atoms with Gasteiger partial charge in [-0.05, 0) is 36.4 Å². The van der Waals surface area contributed by atoms with Gasteiger partial charge in [0.15, 0.2) is 0 Å². The van der Waals surface area contributed by atoms with Gasteiger partial charge in [0.1, 0.15) is 17.4 Å². The smallest absolute Gasteiger partial charge is 0.229 e. The molecule has 7 nitrogen and oxygen atoms in total. The first-order valence-corrected chi connectivity index (χ1v) is 9.45. The summed E-state index contributed by atoms with van der Waals surface area (Å²) in [5.41, 5.74) is 0.729. The fourth-order valence-electron chi connectivity index (χ4n) is 3.19. The van der Waals surface area contributed by atoms with E-state index in [1.165, 1.54) is 0 Å². The van der Waals surface area contributed by atoms with Crippen LogP contribution in [0.3, 0.4) is 0 Å². The van der Waals surface area contributed by atoms with Gasteiger partial charge in [-0.15, -0.1) is 0 Å². The Kier molecular flexibility index (Phi) is 5.43. The Hall–Kier alpha value is -3.06. The largest absolute Gasteiger partial charge is 0.495 e. The Morgan fingerprint density at radius 3 is 2.43 bits per heavy atom. The number of aromatic nitrogens is 3. The van der Waals surface area contributed by atoms with Crippen molar-refractivity contribution >= 4 is 34.9 Å². The van der Waals surface area contributed by atoms with Crippen LogP contribution in [0.15, 0.2) is 54.9 Å². The molecule has 1 fully saturated rings. The van der Waals surface area contributed by atoms with Gasteiger partial charge in [0.05, 0.1) is 12.8 Å². The number of halogens is 1. The number of rotatable bonds is 5. The summed E-state index contributed by atoms with van der Waals surface area (Å²) in [7, 11) is 1.62. The molecule has 28 heavy (non-hydrogen) atoms. The van der Waals surface area contributed by atoms with E-state index in [1.807, 2.05) is 36.5 Å². The molecule has 0 unspecified atom stereocenters. The van der Waals surface area contributed by atoms with Gasteiger partial charge in [0.2, 0.25) is 5.95 Å². The molecule has 0 aliphatic carbocycles. The van der Waals surface area contributed by atoms with Gasteiger partial charge in [-0.25, -0.2) is 9.97 Å². The minimum atomic E-state index is 0.505. The fourth-order valence-corrected chi connectivity index (χ4v) is 3.36. The van der Waals surface area contributed by atoms with Crippen molar-refractivity contribution in [2.75, 3.05) is 48.4 Å². The number of methoxy groups -OCH3 is 1. The predicted octanol–water partition coefficient (Wildman–Crippen LogP) is 3.60. The first-order valence-electron chi connectivity index (χ1n) is 9.07. The van der Waals surface area contributed by atoms with E-state index in [1.54, 1.807) is 25.4 Å². The molecule has 0 radical (unpaired) electrons. The summed E-state index contributed by atoms with van der Waals surface area (Å²) in [6.07, 6.45) is 3.58. The van der Waals surface area contributed by atoms with Crippen LogP contribution in [0.1, 0.15) is 0 Å². The van der Waals surface area contributed by atoms with Crippen LogP contribution in [-0.4, -0.2) is 48.2 Å². The fraction of sp³-hybridized carbons (Fsp3) is 0.250. The minimum absolute atomic E-state index is 0.505. The van der Waals surface area contributed by atoms with E-state index in [2.05, 4.69) is 30.1 Å². The highest BCUT2D eigenvalue weighted by Crippen LogP contribution is 2.30. The maximum atomic E-state index is 6.10. The molecule has 2 aromatic heterocycles. The Morgan fingerprint density at radius 1 is 0.929 bits per heavy atom. The highest BCUT2D eigenvalue weighted by atomic mass is 35.5. The van der Waals surface area contributed by atoms with E-state index in [-0.39, 0.29) is 0 Å². The van der Waals surface area contributed by atoms with Crippen LogP contribution < -0.4 is 19.9 Å². The summed E-state index contributed by atoms with van der Waals surface area (Å²) in [6, 6.07) is 13.3. The van der Waals surface area contributed by atoms with Crippen molar-refractivity contribution in [3.8, 4) is 5.75 Å². The van der Waals surface area contributed by atoms with Crippen molar-refractivity contribution in [3.05, 3.63) is 59.9 Å². The number of hydrogen-bond acceptors (Lipinski definition) is 7. The van der Waals surface area contributed by atoms with E-state index < -0.39 is 0 Å². The second-order valence-electron chi connectivity index (χ2n) is 6.37. The van der Waals surface area contributed by atoms with Gasteiger partial charge in [0, 0.05) is 43.6 Å². The maximum absolute atomic E-state index is 6.10. The molecule has 0 bridgehead atoms. The Balaban J connectivity index is 1.45. The molecule has 8 heteroatoms. The standard InChI is InChI=1S/C20H21ClN6O/c1-28-17-6-5-15(21)14-16(17)24-20-23-9-7-19(25-20)27-12-10-26(11-13-27)18-4-2-3-8-22-18/h2-9,14H,10-13H2,1H3,(H,23,24,25). The third-order valence-electron chi connectivity index (χ3n) is 4.63. The number of ether oxygens (including phenoxy) is 1. The Labute approximate surface area is 169 Å². The van der Waals surface area contributed by atoms with E-state index in [0.717, 1.165) is 43.5 Å². The van der Waals surface area contributed by atoms with Gasteiger partial charge in [-0.2, -0.15) is 4.98 Å². The lowest BCUT2D eigenvalue weighted by molar-refractivity contribution is 0.417. The van der Waals surface area contributed by atoms with Crippen LogP contribution in [0.25, 0.3) is 0 Å². The SMILES string of the molecule is COc1ccc(Cl)cc1Nc1nccc(N2CCN(c3ccccn3)CC2)n1. The van der Waals surface area contributed by atoms with Crippen LogP contribution in [0.5, 0.6) is 5.75 Å². The molecule has 3 heterocycles. The van der Waals surface area contributed by atoms with Gasteiger partial charge >= 0.3 is 0 Å². The molecule has 1 aliphatic rings. The van der Waals surface area contributed by atoms with Crippen molar-refractivity contribution in [2.45, 2.75) is 0 Å². The lowest BCUT2D eigenvalue weighted by atomic mass is 10.3. The molecular formula is C20H21ClN6O. The van der Waals surface area contributed by atoms with Crippen LogP contribution in [0.2, 0.25) is 5.02 Å². The average molecular weight is 397 g/mol. The molecule has 1 saturated heterocycles. The lowest BCUT2D eigenvalue weighted by Gasteiger charge is -2.36. The lowest BCUT2D eigenvalue weighted by Crippen LogP contribution is -2.47. The first-order chi connectivity index (χ1) is 13.7. The molecule has 3 aromatic rings. The third-order valence-corrected chi connectivity index (χ3v) is 4.86.